The van der Waals surface area contributed by atoms with E-state index < -0.39 is 16.7 Å². The maximum absolute atomic E-state index is 12.7. The van der Waals surface area contributed by atoms with Gasteiger partial charge >= 0.3 is 0 Å². The zero-order valence-corrected chi connectivity index (χ0v) is 13.6. The van der Waals surface area contributed by atoms with Gasteiger partial charge in [-0.2, -0.15) is 0 Å². The number of benzene rings is 1. The molecule has 0 bridgehead atoms. The molecule has 0 saturated heterocycles. The Balaban J connectivity index is 2.21. The summed E-state index contributed by atoms with van der Waals surface area (Å²) < 4.78 is 2.91. The molecule has 0 unspecified atom stereocenters. The maximum Gasteiger partial charge on any atom is 0.279 e. The molecule has 3 rings (SSSR count). The van der Waals surface area contributed by atoms with Crippen LogP contribution in [0.15, 0.2) is 46.2 Å². The Morgan fingerprint density at radius 2 is 1.87 bits per heavy atom. The van der Waals surface area contributed by atoms with Crippen LogP contribution in [0, 0.1) is 6.92 Å². The van der Waals surface area contributed by atoms with Gasteiger partial charge in [-0.3, -0.25) is 9.59 Å². The third-order valence-corrected chi connectivity index (χ3v) is 4.37. The molecule has 2 heterocycles. The lowest BCUT2D eigenvalue weighted by Crippen LogP contribution is -2.26. The van der Waals surface area contributed by atoms with Crippen LogP contribution in [0.25, 0.3) is 5.52 Å². The highest BCUT2D eigenvalue weighted by Gasteiger charge is 2.13. The molecule has 0 radical (unpaired) electrons. The smallest absolute Gasteiger partial charge is 0.279 e. The predicted octanol–water partition coefficient (Wildman–Crippen LogP) is 2.83. The first kappa shape index (κ1) is 15.6. The van der Waals surface area contributed by atoms with E-state index in [1.807, 2.05) is 0 Å². The van der Waals surface area contributed by atoms with Crippen LogP contribution in [0.1, 0.15) is 11.3 Å². The first-order valence-corrected chi connectivity index (χ1v) is 7.52. The highest BCUT2D eigenvalue weighted by atomic mass is 35.5. The average molecular weight is 351 g/mol. The Morgan fingerprint density at radius 3 is 2.57 bits per heavy atom. The molecule has 0 spiro atoms. The molecule has 0 aliphatic heterocycles. The zero-order chi connectivity index (χ0) is 16.7. The first-order valence-electron chi connectivity index (χ1n) is 6.77. The summed E-state index contributed by atoms with van der Waals surface area (Å²) in [7, 11) is 0. The second kappa shape index (κ2) is 5.76. The quantitative estimate of drug-likeness (QED) is 0.772. The van der Waals surface area contributed by atoms with Gasteiger partial charge in [0.1, 0.15) is 0 Å². The van der Waals surface area contributed by atoms with E-state index >= 15 is 0 Å². The van der Waals surface area contributed by atoms with Crippen molar-refractivity contribution in [2.45, 2.75) is 13.5 Å². The lowest BCUT2D eigenvalue weighted by Gasteiger charge is -2.13. The van der Waals surface area contributed by atoms with Crippen molar-refractivity contribution in [3.8, 4) is 5.75 Å². The fraction of sp³-hybridized carbons (Fsp3) is 0.125. The lowest BCUT2D eigenvalue weighted by molar-refractivity contribution is 0.472. The molecular weight excluding hydrogens is 339 g/mol. The van der Waals surface area contributed by atoms with Gasteiger partial charge in [0.25, 0.3) is 5.56 Å². The van der Waals surface area contributed by atoms with Crippen LogP contribution in [0.5, 0.6) is 5.75 Å². The Bertz CT molecular complexity index is 1040. The van der Waals surface area contributed by atoms with Crippen LogP contribution in [0.2, 0.25) is 10.0 Å². The van der Waals surface area contributed by atoms with Crippen molar-refractivity contribution >= 4 is 28.7 Å². The summed E-state index contributed by atoms with van der Waals surface area (Å²) in [4.78, 5) is 24.2. The third kappa shape index (κ3) is 2.73. The van der Waals surface area contributed by atoms with Gasteiger partial charge in [0, 0.05) is 24.2 Å². The predicted molar refractivity (Wildman–Crippen MR) is 89.9 cm³/mol. The highest BCUT2D eigenvalue weighted by molar-refractivity contribution is 6.42. The molecule has 118 valence electrons. The van der Waals surface area contributed by atoms with E-state index in [4.69, 9.17) is 23.2 Å². The average Bonchev–Trinajstić information content (AvgIpc) is 2.50. The molecule has 0 atom stereocenters. The zero-order valence-electron chi connectivity index (χ0n) is 12.1. The monoisotopic (exact) mass is 350 g/mol. The summed E-state index contributed by atoms with van der Waals surface area (Å²) in [6, 6.07) is 6.31. The minimum atomic E-state index is -0.591. The van der Waals surface area contributed by atoms with Crippen LogP contribution in [0.4, 0.5) is 0 Å². The summed E-state index contributed by atoms with van der Waals surface area (Å²) in [5.41, 5.74) is 0.366. The third-order valence-electron chi connectivity index (χ3n) is 3.63. The fourth-order valence-electron chi connectivity index (χ4n) is 2.44. The molecular formula is C16H12Cl2N2O3. The molecule has 5 nitrogen and oxygen atoms in total. The molecule has 1 N–H and O–H groups in total. The molecule has 2 aromatic heterocycles. The van der Waals surface area contributed by atoms with E-state index in [9.17, 15) is 14.7 Å². The van der Waals surface area contributed by atoms with Gasteiger partial charge < -0.3 is 14.1 Å². The SMILES string of the molecule is Cc1cn2ccc(=O)c(O)c2c(=O)n1Cc1ccc(Cl)c(Cl)c1. The van der Waals surface area contributed by atoms with Crippen molar-refractivity contribution in [1.29, 1.82) is 0 Å². The number of fused-ring (bicyclic) bond motifs is 1. The van der Waals surface area contributed by atoms with E-state index in [1.165, 1.54) is 21.2 Å². The van der Waals surface area contributed by atoms with E-state index in [0.717, 1.165) is 5.56 Å². The van der Waals surface area contributed by atoms with Crippen molar-refractivity contribution in [2.24, 2.45) is 0 Å². The molecule has 3 aromatic rings. The van der Waals surface area contributed by atoms with Crippen molar-refractivity contribution in [3.05, 3.63) is 78.5 Å². The molecule has 7 heteroatoms. The minimum Gasteiger partial charge on any atom is -0.503 e. The number of halogens is 2. The van der Waals surface area contributed by atoms with Crippen molar-refractivity contribution in [2.75, 3.05) is 0 Å². The van der Waals surface area contributed by atoms with Crippen LogP contribution in [-0.2, 0) is 6.54 Å². The van der Waals surface area contributed by atoms with Crippen LogP contribution in [-0.4, -0.2) is 14.1 Å². The number of aromatic nitrogens is 2. The normalized spacial score (nSPS) is 11.1. The molecule has 23 heavy (non-hydrogen) atoms. The second-order valence-electron chi connectivity index (χ2n) is 5.19. The Morgan fingerprint density at radius 1 is 1.13 bits per heavy atom. The van der Waals surface area contributed by atoms with E-state index in [2.05, 4.69) is 0 Å². The number of pyridine rings is 1. The van der Waals surface area contributed by atoms with Gasteiger partial charge in [0.2, 0.25) is 5.43 Å². The molecule has 1 aromatic carbocycles. The van der Waals surface area contributed by atoms with E-state index in [1.54, 1.807) is 31.3 Å². The van der Waals surface area contributed by atoms with Crippen molar-refractivity contribution < 1.29 is 5.11 Å². The van der Waals surface area contributed by atoms with Gasteiger partial charge in [-0.25, -0.2) is 0 Å². The number of aromatic hydroxyl groups is 1. The van der Waals surface area contributed by atoms with Crippen molar-refractivity contribution in [1.82, 2.24) is 8.97 Å². The largest absolute Gasteiger partial charge is 0.503 e. The summed E-state index contributed by atoms with van der Waals surface area (Å²) in [6.07, 6.45) is 3.13. The summed E-state index contributed by atoms with van der Waals surface area (Å²) in [5, 5.41) is 10.7. The standard InChI is InChI=1S/C16H12Cl2N2O3/c1-9-7-19-5-4-13(21)15(22)14(19)16(23)20(9)8-10-2-3-11(17)12(18)6-10/h2-7,22H,8H2,1H3. The number of rotatable bonds is 2. The molecule has 0 saturated carbocycles. The first-order chi connectivity index (χ1) is 10.9. The van der Waals surface area contributed by atoms with Crippen LogP contribution < -0.4 is 11.0 Å². The Kier molecular flexibility index (Phi) is 3.92. The molecule has 0 aliphatic rings. The number of nitrogens with zero attached hydrogens (tertiary/aromatic N) is 2. The number of aryl methyl sites for hydroxylation is 1. The van der Waals surface area contributed by atoms with Crippen LogP contribution >= 0.6 is 23.2 Å². The van der Waals surface area contributed by atoms with Crippen molar-refractivity contribution in [3.63, 3.8) is 0 Å². The highest BCUT2D eigenvalue weighted by Crippen LogP contribution is 2.23. The molecule has 0 amide bonds. The molecule has 0 aliphatic carbocycles. The van der Waals surface area contributed by atoms with Crippen LogP contribution in [0.3, 0.4) is 0 Å². The van der Waals surface area contributed by atoms with E-state index in [0.29, 0.717) is 15.7 Å². The minimum absolute atomic E-state index is 0.0526. The van der Waals surface area contributed by atoms with Gasteiger partial charge in [-0.05, 0) is 24.6 Å². The topological polar surface area (TPSA) is 63.7 Å². The fourth-order valence-corrected chi connectivity index (χ4v) is 2.76. The lowest BCUT2D eigenvalue weighted by atomic mass is 10.2. The Labute approximate surface area is 141 Å². The molecule has 0 fully saturated rings. The van der Waals surface area contributed by atoms with Gasteiger partial charge in [0.15, 0.2) is 11.3 Å². The van der Waals surface area contributed by atoms with Gasteiger partial charge in [-0.15, -0.1) is 0 Å². The number of hydrogen-bond acceptors (Lipinski definition) is 3. The number of hydrogen-bond donors (Lipinski definition) is 1. The second-order valence-corrected chi connectivity index (χ2v) is 6.01. The van der Waals surface area contributed by atoms with Gasteiger partial charge in [-0.1, -0.05) is 29.3 Å². The van der Waals surface area contributed by atoms with E-state index in [-0.39, 0.29) is 12.1 Å². The Hall–Kier alpha value is -2.24. The summed E-state index contributed by atoms with van der Waals surface area (Å²) >= 11 is 11.9. The van der Waals surface area contributed by atoms with Gasteiger partial charge in [0.05, 0.1) is 16.6 Å². The summed E-state index contributed by atoms with van der Waals surface area (Å²) in [5.74, 6) is -0.555. The maximum atomic E-state index is 12.7. The summed E-state index contributed by atoms with van der Waals surface area (Å²) in [6.45, 7) is 2.02.